The molecule has 0 saturated carbocycles. The van der Waals surface area contributed by atoms with Crippen LogP contribution in [0.2, 0.25) is 0 Å². The predicted molar refractivity (Wildman–Crippen MR) is 135 cm³/mol. The first kappa shape index (κ1) is 26.0. The fourth-order valence-corrected chi connectivity index (χ4v) is 4.69. The molecule has 1 atom stereocenters. The summed E-state index contributed by atoms with van der Waals surface area (Å²) in [6, 6.07) is 11.7. The fourth-order valence-electron chi connectivity index (χ4n) is 3.76. The van der Waals surface area contributed by atoms with Crippen LogP contribution in [-0.2, 0) is 6.18 Å². The van der Waals surface area contributed by atoms with Crippen molar-refractivity contribution in [2.45, 2.75) is 19.2 Å². The standard InChI is InChI=1S/C26H23F3N4O3S/c1-15(17-6-4-5-7-18(17)26(27,28)29)36-22-13-23(37-24(22)25(30)35)33-14-31-19-12-16(8-9-20(19)33)21(34)10-11-32(2)3/h4-15H,1-3H3,(H2,30,35)/b11-10+/t15-/m1/s1. The largest absolute Gasteiger partial charge is 0.484 e. The van der Waals surface area contributed by atoms with E-state index in [2.05, 4.69) is 4.98 Å². The van der Waals surface area contributed by atoms with Gasteiger partial charge in [-0.05, 0) is 31.2 Å². The number of hydrogen-bond donors (Lipinski definition) is 1. The number of carbonyl (C=O) groups is 2. The zero-order valence-corrected chi connectivity index (χ0v) is 20.9. The smallest absolute Gasteiger partial charge is 0.416 e. The molecule has 0 fully saturated rings. The zero-order chi connectivity index (χ0) is 26.9. The number of amides is 1. The summed E-state index contributed by atoms with van der Waals surface area (Å²) in [6.45, 7) is 1.47. The molecule has 11 heteroatoms. The van der Waals surface area contributed by atoms with Gasteiger partial charge < -0.3 is 15.4 Å². The Labute approximate surface area is 214 Å². The topological polar surface area (TPSA) is 90.5 Å². The summed E-state index contributed by atoms with van der Waals surface area (Å²) in [5.41, 5.74) is 6.34. The van der Waals surface area contributed by atoms with Gasteiger partial charge in [-0.3, -0.25) is 14.2 Å². The first-order chi connectivity index (χ1) is 17.5. The average molecular weight is 529 g/mol. The number of fused-ring (bicyclic) bond motifs is 1. The van der Waals surface area contributed by atoms with Crippen molar-refractivity contribution in [1.82, 2.24) is 14.5 Å². The maximum atomic E-state index is 13.5. The second-order valence-electron chi connectivity index (χ2n) is 8.45. The summed E-state index contributed by atoms with van der Waals surface area (Å²) in [4.78, 5) is 30.7. The minimum absolute atomic E-state index is 0.0632. The van der Waals surface area contributed by atoms with E-state index in [1.54, 1.807) is 33.9 Å². The molecule has 2 aromatic carbocycles. The van der Waals surface area contributed by atoms with Crippen LogP contribution in [0.4, 0.5) is 13.2 Å². The Morgan fingerprint density at radius 2 is 1.89 bits per heavy atom. The molecule has 37 heavy (non-hydrogen) atoms. The lowest BCUT2D eigenvalue weighted by Crippen LogP contribution is -2.15. The molecule has 0 aliphatic rings. The van der Waals surface area contributed by atoms with Crippen molar-refractivity contribution in [3.8, 4) is 10.8 Å². The molecular weight excluding hydrogens is 505 g/mol. The number of ketones is 1. The number of nitrogens with two attached hydrogens (primary N) is 1. The molecule has 2 N–H and O–H groups in total. The number of rotatable bonds is 8. The highest BCUT2D eigenvalue weighted by Gasteiger charge is 2.35. The number of benzene rings is 2. The van der Waals surface area contributed by atoms with Gasteiger partial charge in [0.25, 0.3) is 5.91 Å². The third-order valence-electron chi connectivity index (χ3n) is 5.51. The van der Waals surface area contributed by atoms with E-state index in [0.717, 1.165) is 17.4 Å². The molecule has 1 amide bonds. The van der Waals surface area contributed by atoms with Crippen LogP contribution >= 0.6 is 11.3 Å². The molecule has 0 aliphatic carbocycles. The average Bonchev–Trinajstić information content (AvgIpc) is 3.45. The molecular formula is C26H23F3N4O3S. The number of allylic oxidation sites excluding steroid dienone is 1. The Hall–Kier alpha value is -4.12. The van der Waals surface area contributed by atoms with Crippen LogP contribution in [0.25, 0.3) is 16.0 Å². The minimum Gasteiger partial charge on any atom is -0.484 e. The van der Waals surface area contributed by atoms with Gasteiger partial charge in [0.1, 0.15) is 28.1 Å². The highest BCUT2D eigenvalue weighted by atomic mass is 32.1. The van der Waals surface area contributed by atoms with Gasteiger partial charge in [0.15, 0.2) is 5.78 Å². The van der Waals surface area contributed by atoms with Gasteiger partial charge in [0.05, 0.1) is 16.6 Å². The van der Waals surface area contributed by atoms with Gasteiger partial charge in [-0.1, -0.05) is 18.2 Å². The van der Waals surface area contributed by atoms with E-state index < -0.39 is 23.8 Å². The molecule has 0 radical (unpaired) electrons. The highest BCUT2D eigenvalue weighted by Crippen LogP contribution is 2.39. The van der Waals surface area contributed by atoms with Gasteiger partial charge >= 0.3 is 6.18 Å². The molecule has 4 aromatic rings. The fraction of sp³-hybridized carbons (Fsp3) is 0.192. The van der Waals surface area contributed by atoms with Crippen molar-refractivity contribution >= 4 is 34.1 Å². The SMILES string of the molecule is C[C@@H](Oc1cc(-n2cnc3cc(C(=O)/C=C/N(C)C)ccc32)sc1C(N)=O)c1ccccc1C(F)(F)F. The normalized spacial score (nSPS) is 12.7. The molecule has 0 unspecified atom stereocenters. The number of aromatic nitrogens is 2. The van der Waals surface area contributed by atoms with Gasteiger partial charge in [-0.2, -0.15) is 13.2 Å². The molecule has 2 heterocycles. The molecule has 192 valence electrons. The number of alkyl halides is 3. The number of imidazole rings is 1. The molecule has 0 bridgehead atoms. The number of halogens is 3. The molecule has 4 rings (SSSR count). The summed E-state index contributed by atoms with van der Waals surface area (Å²) < 4.78 is 48.0. The summed E-state index contributed by atoms with van der Waals surface area (Å²) in [5, 5.41) is 0.522. The van der Waals surface area contributed by atoms with Crippen LogP contribution < -0.4 is 10.5 Å². The maximum absolute atomic E-state index is 13.5. The number of primary amides is 1. The van der Waals surface area contributed by atoms with Gasteiger partial charge in [-0.25, -0.2) is 4.98 Å². The maximum Gasteiger partial charge on any atom is 0.416 e. The van der Waals surface area contributed by atoms with Crippen molar-refractivity contribution in [3.05, 3.63) is 88.7 Å². The monoisotopic (exact) mass is 528 g/mol. The van der Waals surface area contributed by atoms with E-state index in [1.807, 2.05) is 14.1 Å². The Morgan fingerprint density at radius 3 is 2.57 bits per heavy atom. The van der Waals surface area contributed by atoms with Crippen LogP contribution in [0.5, 0.6) is 5.75 Å². The lowest BCUT2D eigenvalue weighted by Gasteiger charge is -2.19. The Balaban J connectivity index is 1.67. The first-order valence-electron chi connectivity index (χ1n) is 11.1. The van der Waals surface area contributed by atoms with E-state index in [1.165, 1.54) is 43.6 Å². The number of hydrogen-bond acceptors (Lipinski definition) is 6. The highest BCUT2D eigenvalue weighted by molar-refractivity contribution is 7.16. The quantitative estimate of drug-likeness (QED) is 0.237. The second-order valence-corrected chi connectivity index (χ2v) is 9.48. The third-order valence-corrected chi connectivity index (χ3v) is 6.64. The van der Waals surface area contributed by atoms with Gasteiger partial charge in [-0.15, -0.1) is 11.3 Å². The van der Waals surface area contributed by atoms with E-state index in [-0.39, 0.29) is 22.0 Å². The van der Waals surface area contributed by atoms with Crippen molar-refractivity contribution < 1.29 is 27.5 Å². The molecule has 0 saturated heterocycles. The molecule has 2 aromatic heterocycles. The summed E-state index contributed by atoms with van der Waals surface area (Å²) in [5.74, 6) is -0.881. The van der Waals surface area contributed by atoms with Crippen LogP contribution in [-0.4, -0.2) is 40.2 Å². The predicted octanol–water partition coefficient (Wildman–Crippen LogP) is 5.60. The zero-order valence-electron chi connectivity index (χ0n) is 20.1. The lowest BCUT2D eigenvalue weighted by molar-refractivity contribution is -0.139. The molecule has 0 aliphatic heterocycles. The van der Waals surface area contributed by atoms with Crippen LogP contribution in [0.3, 0.4) is 0 Å². The van der Waals surface area contributed by atoms with Crippen molar-refractivity contribution in [1.29, 1.82) is 0 Å². The second kappa shape index (κ2) is 10.1. The van der Waals surface area contributed by atoms with Crippen LogP contribution in [0, 0.1) is 0 Å². The Bertz CT molecular complexity index is 1500. The number of carbonyl (C=O) groups excluding carboxylic acids is 2. The summed E-state index contributed by atoms with van der Waals surface area (Å²) >= 11 is 1.03. The summed E-state index contributed by atoms with van der Waals surface area (Å²) in [7, 11) is 3.62. The van der Waals surface area contributed by atoms with Gasteiger partial charge in [0, 0.05) is 43.6 Å². The van der Waals surface area contributed by atoms with E-state index >= 15 is 0 Å². The lowest BCUT2D eigenvalue weighted by atomic mass is 10.0. The first-order valence-corrected chi connectivity index (χ1v) is 11.9. The van der Waals surface area contributed by atoms with Crippen LogP contribution in [0.1, 0.15) is 44.2 Å². The van der Waals surface area contributed by atoms with E-state index in [4.69, 9.17) is 10.5 Å². The van der Waals surface area contributed by atoms with Crippen LogP contribution in [0.15, 0.2) is 67.1 Å². The van der Waals surface area contributed by atoms with E-state index in [0.29, 0.717) is 21.6 Å². The number of nitrogens with zero attached hydrogens (tertiary/aromatic N) is 3. The van der Waals surface area contributed by atoms with E-state index in [9.17, 15) is 22.8 Å². The third kappa shape index (κ3) is 5.51. The Kier molecular flexibility index (Phi) is 7.08. The van der Waals surface area contributed by atoms with Crippen molar-refractivity contribution in [3.63, 3.8) is 0 Å². The Morgan fingerprint density at radius 1 is 1.16 bits per heavy atom. The van der Waals surface area contributed by atoms with Crippen molar-refractivity contribution in [2.75, 3.05) is 14.1 Å². The minimum atomic E-state index is -4.56. The number of thiophene rings is 1. The number of ether oxygens (including phenoxy) is 1. The van der Waals surface area contributed by atoms with Gasteiger partial charge in [0.2, 0.25) is 0 Å². The summed E-state index contributed by atoms with van der Waals surface area (Å²) in [6.07, 6.45) is -0.937. The molecule has 0 spiro atoms. The molecule has 7 nitrogen and oxygen atoms in total. The van der Waals surface area contributed by atoms with Crippen molar-refractivity contribution in [2.24, 2.45) is 5.73 Å².